The van der Waals surface area contributed by atoms with E-state index in [4.69, 9.17) is 11.6 Å². The third-order valence-electron chi connectivity index (χ3n) is 3.52. The molecule has 0 fully saturated rings. The fourth-order valence-corrected chi connectivity index (χ4v) is 4.69. The third-order valence-corrected chi connectivity index (χ3v) is 6.05. The van der Waals surface area contributed by atoms with E-state index in [-0.39, 0.29) is 10.9 Å². The largest absolute Gasteiger partial charge is 0.349 e. The van der Waals surface area contributed by atoms with Crippen molar-refractivity contribution in [3.63, 3.8) is 0 Å². The summed E-state index contributed by atoms with van der Waals surface area (Å²) in [5.41, 5.74) is 0.386. The van der Waals surface area contributed by atoms with Gasteiger partial charge in [0, 0.05) is 13.1 Å². The fourth-order valence-electron chi connectivity index (χ4n) is 2.24. The Hall–Kier alpha value is -1.70. The van der Waals surface area contributed by atoms with Crippen molar-refractivity contribution in [2.45, 2.75) is 13.8 Å². The van der Waals surface area contributed by atoms with Crippen LogP contribution in [-0.4, -0.2) is 24.0 Å². The monoisotopic (exact) mass is 383 g/mol. The zero-order valence-electron chi connectivity index (χ0n) is 13.1. The Balaban J connectivity index is 1.81. The summed E-state index contributed by atoms with van der Waals surface area (Å²) in [6.45, 7) is 5.97. The van der Waals surface area contributed by atoms with Gasteiger partial charge in [-0.05, 0) is 38.1 Å². The molecule has 0 atom stereocenters. The van der Waals surface area contributed by atoms with E-state index < -0.39 is 5.82 Å². The van der Waals surface area contributed by atoms with Crippen LogP contribution in [0.15, 0.2) is 24.3 Å². The molecule has 24 heavy (non-hydrogen) atoms. The molecule has 0 spiro atoms. The van der Waals surface area contributed by atoms with Crippen LogP contribution in [0.4, 0.5) is 15.2 Å². The fraction of sp³-hybridized carbons (Fsp3) is 0.250. The molecule has 0 bridgehead atoms. The lowest BCUT2D eigenvalue weighted by molar-refractivity contribution is 0.103. The van der Waals surface area contributed by atoms with E-state index in [0.29, 0.717) is 10.6 Å². The third kappa shape index (κ3) is 3.38. The van der Waals surface area contributed by atoms with Crippen LogP contribution in [0, 0.1) is 5.82 Å². The van der Waals surface area contributed by atoms with Crippen molar-refractivity contribution in [1.82, 2.24) is 4.98 Å². The maximum absolute atomic E-state index is 13.1. The summed E-state index contributed by atoms with van der Waals surface area (Å²) in [6.07, 6.45) is 0. The van der Waals surface area contributed by atoms with Crippen LogP contribution < -0.4 is 10.2 Å². The van der Waals surface area contributed by atoms with Crippen LogP contribution in [0.25, 0.3) is 9.53 Å². The first-order valence-electron chi connectivity index (χ1n) is 7.43. The Morgan fingerprint density at radius 1 is 1.29 bits per heavy atom. The molecule has 0 aliphatic rings. The molecule has 0 unspecified atom stereocenters. The van der Waals surface area contributed by atoms with Gasteiger partial charge >= 0.3 is 0 Å². The molecule has 1 aromatic carbocycles. The zero-order chi connectivity index (χ0) is 17.3. The molecule has 126 valence electrons. The van der Waals surface area contributed by atoms with E-state index >= 15 is 0 Å². The summed E-state index contributed by atoms with van der Waals surface area (Å²) in [4.78, 5) is 20.5. The van der Waals surface area contributed by atoms with Gasteiger partial charge in [0.25, 0.3) is 5.91 Å². The molecule has 4 nitrogen and oxygen atoms in total. The molecular formula is C16H15ClFN3OS2. The number of nitrogens with one attached hydrogen (secondary N) is 1. The predicted octanol–water partition coefficient (Wildman–Crippen LogP) is 5.25. The number of rotatable bonds is 5. The van der Waals surface area contributed by atoms with E-state index in [1.54, 1.807) is 11.3 Å². The summed E-state index contributed by atoms with van der Waals surface area (Å²) in [7, 11) is 0. The molecule has 0 aliphatic carbocycles. The van der Waals surface area contributed by atoms with Crippen molar-refractivity contribution >= 4 is 60.5 Å². The molecule has 3 rings (SSSR count). The molecule has 1 N–H and O–H groups in total. The van der Waals surface area contributed by atoms with Gasteiger partial charge in [0.2, 0.25) is 0 Å². The number of thiazole rings is 1. The first-order valence-corrected chi connectivity index (χ1v) is 9.44. The maximum atomic E-state index is 13.1. The average molecular weight is 384 g/mol. The van der Waals surface area contributed by atoms with Crippen molar-refractivity contribution in [2.24, 2.45) is 0 Å². The van der Waals surface area contributed by atoms with Gasteiger partial charge in [-0.3, -0.25) is 4.79 Å². The van der Waals surface area contributed by atoms with E-state index in [1.165, 1.54) is 29.5 Å². The first kappa shape index (κ1) is 17.1. The summed E-state index contributed by atoms with van der Waals surface area (Å²) in [6, 6.07) is 5.70. The van der Waals surface area contributed by atoms with Crippen molar-refractivity contribution < 1.29 is 9.18 Å². The van der Waals surface area contributed by atoms with Gasteiger partial charge < -0.3 is 10.2 Å². The minimum absolute atomic E-state index is 0.170. The Morgan fingerprint density at radius 2 is 2.04 bits per heavy atom. The molecule has 0 saturated heterocycles. The van der Waals surface area contributed by atoms with Crippen LogP contribution in [-0.2, 0) is 0 Å². The zero-order valence-corrected chi connectivity index (χ0v) is 15.5. The van der Waals surface area contributed by atoms with Crippen LogP contribution >= 0.6 is 34.3 Å². The quantitative estimate of drug-likeness (QED) is 0.654. The minimum Gasteiger partial charge on any atom is -0.349 e. The Bertz CT molecular complexity index is 857. The number of amides is 1. The van der Waals surface area contributed by atoms with Gasteiger partial charge in [-0.25, -0.2) is 9.37 Å². The highest BCUT2D eigenvalue weighted by Crippen LogP contribution is 2.35. The van der Waals surface area contributed by atoms with Gasteiger partial charge in [0.15, 0.2) is 5.13 Å². The van der Waals surface area contributed by atoms with Crippen molar-refractivity contribution in [3.05, 3.63) is 40.0 Å². The molecule has 8 heteroatoms. The van der Waals surface area contributed by atoms with Gasteiger partial charge in [-0.2, -0.15) is 0 Å². The predicted molar refractivity (Wildman–Crippen MR) is 100 cm³/mol. The second-order valence-corrected chi connectivity index (χ2v) is 7.47. The summed E-state index contributed by atoms with van der Waals surface area (Å²) in [5.74, 6) is -0.717. The lowest BCUT2D eigenvalue weighted by Crippen LogP contribution is -2.21. The number of fused-ring (bicyclic) bond motifs is 1. The highest BCUT2D eigenvalue weighted by atomic mass is 35.5. The minimum atomic E-state index is -0.442. The summed E-state index contributed by atoms with van der Waals surface area (Å²) >= 11 is 8.85. The molecule has 2 heterocycles. The Kier molecular flexibility index (Phi) is 5.03. The highest BCUT2D eigenvalue weighted by Gasteiger charge is 2.17. The van der Waals surface area contributed by atoms with E-state index in [0.717, 1.165) is 27.8 Å². The SMILES string of the molecule is CCN(CC)c1nc2sc(C(=O)Nc3ccc(F)cc3Cl)cc2s1. The molecule has 1 amide bonds. The number of halogens is 2. The lowest BCUT2D eigenvalue weighted by atomic mass is 10.3. The van der Waals surface area contributed by atoms with Crippen LogP contribution in [0.1, 0.15) is 23.5 Å². The van der Waals surface area contributed by atoms with E-state index in [1.807, 2.05) is 6.07 Å². The number of benzene rings is 1. The van der Waals surface area contributed by atoms with Crippen molar-refractivity contribution in [3.8, 4) is 0 Å². The number of hydrogen-bond donors (Lipinski definition) is 1. The second kappa shape index (κ2) is 7.04. The summed E-state index contributed by atoms with van der Waals surface area (Å²) < 4.78 is 14.0. The van der Waals surface area contributed by atoms with Crippen molar-refractivity contribution in [1.29, 1.82) is 0 Å². The van der Waals surface area contributed by atoms with Crippen LogP contribution in [0.3, 0.4) is 0 Å². The highest BCUT2D eigenvalue weighted by molar-refractivity contribution is 7.29. The molecular weight excluding hydrogens is 369 g/mol. The first-order chi connectivity index (χ1) is 11.5. The molecule has 0 radical (unpaired) electrons. The molecule has 3 aromatic rings. The molecule has 0 aliphatic heterocycles. The number of anilines is 2. The average Bonchev–Trinajstić information content (AvgIpc) is 3.10. The lowest BCUT2D eigenvalue weighted by Gasteiger charge is -2.16. The smallest absolute Gasteiger partial charge is 0.265 e. The Labute approximate surface area is 151 Å². The van der Waals surface area contributed by atoms with Crippen LogP contribution in [0.5, 0.6) is 0 Å². The van der Waals surface area contributed by atoms with Crippen LogP contribution in [0.2, 0.25) is 5.02 Å². The number of thiophene rings is 1. The number of carbonyl (C=O) groups is 1. The Morgan fingerprint density at radius 3 is 2.67 bits per heavy atom. The summed E-state index contributed by atoms with van der Waals surface area (Å²) in [5, 5.41) is 3.84. The molecule has 0 saturated carbocycles. The number of carbonyl (C=O) groups excluding carboxylic acids is 1. The normalized spacial score (nSPS) is 11.0. The van der Waals surface area contributed by atoms with Crippen molar-refractivity contribution in [2.75, 3.05) is 23.3 Å². The number of hydrogen-bond acceptors (Lipinski definition) is 5. The van der Waals surface area contributed by atoms with Gasteiger partial charge in [-0.1, -0.05) is 22.9 Å². The van der Waals surface area contributed by atoms with Gasteiger partial charge in [0.1, 0.15) is 10.6 Å². The maximum Gasteiger partial charge on any atom is 0.265 e. The number of nitrogens with zero attached hydrogens (tertiary/aromatic N) is 2. The standard InChI is InChI=1S/C16H15ClFN3OS2/c1-3-21(4-2)16-20-15-13(24-16)8-12(23-15)14(22)19-11-6-5-9(18)7-10(11)17/h5-8H,3-4H2,1-2H3,(H,19,22). The van der Waals surface area contributed by atoms with Gasteiger partial charge in [0.05, 0.1) is 20.3 Å². The van der Waals surface area contributed by atoms with E-state index in [2.05, 4.69) is 29.0 Å². The molecule has 2 aromatic heterocycles. The van der Waals surface area contributed by atoms with E-state index in [9.17, 15) is 9.18 Å². The van der Waals surface area contributed by atoms with Gasteiger partial charge in [-0.15, -0.1) is 11.3 Å². The topological polar surface area (TPSA) is 45.2 Å². The number of aromatic nitrogens is 1. The second-order valence-electron chi connectivity index (χ2n) is 5.03.